The summed E-state index contributed by atoms with van der Waals surface area (Å²) in [4.78, 5) is 42.2. The summed E-state index contributed by atoms with van der Waals surface area (Å²) in [5.74, 6) is 0.926. The highest BCUT2D eigenvalue weighted by Crippen LogP contribution is 2.26. The van der Waals surface area contributed by atoms with E-state index in [0.717, 1.165) is 22.4 Å². The summed E-state index contributed by atoms with van der Waals surface area (Å²) in [5.41, 5.74) is 4.96. The predicted octanol–water partition coefficient (Wildman–Crippen LogP) is 4.17. The lowest BCUT2D eigenvalue weighted by molar-refractivity contribution is 0.0950. The van der Waals surface area contributed by atoms with Gasteiger partial charge in [-0.3, -0.25) is 9.78 Å². The maximum Gasteiger partial charge on any atom is 0.332 e. The van der Waals surface area contributed by atoms with Crippen molar-refractivity contribution in [2.24, 2.45) is 0 Å². The zero-order valence-electron chi connectivity index (χ0n) is 20.2. The Labute approximate surface area is 212 Å². The molecule has 5 rings (SSSR count). The average Bonchev–Trinajstić information content (AvgIpc) is 3.42. The van der Waals surface area contributed by atoms with Crippen molar-refractivity contribution in [2.75, 3.05) is 12.4 Å². The van der Waals surface area contributed by atoms with Gasteiger partial charge < -0.3 is 15.4 Å². The number of carbonyl (C=O) groups is 2. The topological polar surface area (TPSA) is 124 Å². The molecule has 0 bridgehead atoms. The van der Waals surface area contributed by atoms with Gasteiger partial charge in [0.1, 0.15) is 24.1 Å². The van der Waals surface area contributed by atoms with Crippen molar-refractivity contribution in [1.29, 1.82) is 0 Å². The number of ether oxygens (including phenoxy) is 1. The highest BCUT2D eigenvalue weighted by molar-refractivity contribution is 5.95. The van der Waals surface area contributed by atoms with Crippen LogP contribution in [0.1, 0.15) is 21.5 Å². The van der Waals surface area contributed by atoms with Crippen LogP contribution in [0.15, 0.2) is 79.6 Å². The normalized spacial score (nSPS) is 10.8. The lowest BCUT2D eigenvalue weighted by Gasteiger charge is -2.13. The number of aromatic nitrogens is 5. The van der Waals surface area contributed by atoms with E-state index < -0.39 is 6.03 Å². The third kappa shape index (κ3) is 5.13. The standard InChI is InChI=1S/C27H23N7O3/c1-17-6-8-20(33-27(36)34-16-28-14-24-25(34)32-15-31-24)11-22(17)23-9-7-19(13-29-23)26(35)30-12-18-4-3-5-21(10-18)37-2/h3-11,13-16H,12H2,1-2H3,(H,30,35)(H,33,36). The molecule has 0 unspecified atom stereocenters. The highest BCUT2D eigenvalue weighted by Gasteiger charge is 2.16. The number of nitrogens with zero attached hydrogens (tertiary/aromatic N) is 5. The lowest BCUT2D eigenvalue weighted by atomic mass is 10.0. The predicted molar refractivity (Wildman–Crippen MR) is 137 cm³/mol. The van der Waals surface area contributed by atoms with Crippen LogP contribution in [-0.4, -0.2) is 43.6 Å². The summed E-state index contributed by atoms with van der Waals surface area (Å²) in [6.07, 6.45) is 5.86. The van der Waals surface area contributed by atoms with Gasteiger partial charge in [-0.25, -0.2) is 24.3 Å². The molecule has 10 nitrogen and oxygen atoms in total. The molecule has 3 aromatic rings. The van der Waals surface area contributed by atoms with Gasteiger partial charge in [0.15, 0.2) is 5.82 Å². The lowest BCUT2D eigenvalue weighted by Crippen LogP contribution is -2.23. The first-order valence-corrected chi connectivity index (χ1v) is 11.4. The van der Waals surface area contributed by atoms with E-state index in [1.165, 1.54) is 23.4 Å². The maximum atomic E-state index is 12.9. The van der Waals surface area contributed by atoms with Crippen LogP contribution in [0, 0.1) is 6.92 Å². The molecule has 0 spiro atoms. The average molecular weight is 494 g/mol. The molecule has 0 aliphatic carbocycles. The van der Waals surface area contributed by atoms with Crippen LogP contribution in [0.5, 0.6) is 5.75 Å². The number of hydrogen-bond acceptors (Lipinski definition) is 7. The largest absolute Gasteiger partial charge is 0.497 e. The molecule has 2 aromatic carbocycles. The van der Waals surface area contributed by atoms with E-state index in [2.05, 4.69) is 30.6 Å². The number of aryl methyl sites for hydroxylation is 1. The fraction of sp³-hybridized carbons (Fsp3) is 0.111. The van der Waals surface area contributed by atoms with Crippen LogP contribution >= 0.6 is 0 Å². The van der Waals surface area contributed by atoms with E-state index in [9.17, 15) is 9.59 Å². The number of methoxy groups -OCH3 is 1. The van der Waals surface area contributed by atoms with Gasteiger partial charge in [-0.2, -0.15) is 0 Å². The Balaban J connectivity index is 1.29. The molecule has 2 aliphatic heterocycles. The van der Waals surface area contributed by atoms with E-state index in [1.54, 1.807) is 25.4 Å². The molecule has 0 saturated heterocycles. The quantitative estimate of drug-likeness (QED) is 0.364. The Bertz CT molecular complexity index is 1550. The first kappa shape index (κ1) is 23.6. The van der Waals surface area contributed by atoms with E-state index in [0.29, 0.717) is 35.0 Å². The van der Waals surface area contributed by atoms with Crippen LogP contribution in [-0.2, 0) is 6.54 Å². The Morgan fingerprint density at radius 3 is 2.68 bits per heavy atom. The summed E-state index contributed by atoms with van der Waals surface area (Å²) in [5, 5.41) is 5.76. The van der Waals surface area contributed by atoms with Gasteiger partial charge in [-0.05, 0) is 54.4 Å². The number of hydrogen-bond donors (Lipinski definition) is 2. The Kier molecular flexibility index (Phi) is 6.54. The van der Waals surface area contributed by atoms with E-state index >= 15 is 0 Å². The van der Waals surface area contributed by atoms with Crippen LogP contribution in [0.4, 0.5) is 10.5 Å². The van der Waals surface area contributed by atoms with Crippen LogP contribution in [0.2, 0.25) is 0 Å². The molecule has 1 aromatic heterocycles. The molecule has 37 heavy (non-hydrogen) atoms. The van der Waals surface area contributed by atoms with Crippen molar-refractivity contribution in [2.45, 2.75) is 13.5 Å². The van der Waals surface area contributed by atoms with Crippen molar-refractivity contribution >= 4 is 17.6 Å². The minimum absolute atomic E-state index is 0.227. The summed E-state index contributed by atoms with van der Waals surface area (Å²) >= 11 is 0. The number of fused-ring (bicyclic) bond motifs is 1. The molecule has 2 aliphatic rings. The molecule has 0 saturated carbocycles. The van der Waals surface area contributed by atoms with Crippen molar-refractivity contribution in [1.82, 2.24) is 29.8 Å². The molecule has 0 fully saturated rings. The van der Waals surface area contributed by atoms with Gasteiger partial charge in [0.05, 0.1) is 24.6 Å². The second-order valence-electron chi connectivity index (χ2n) is 8.27. The second-order valence-corrected chi connectivity index (χ2v) is 8.27. The van der Waals surface area contributed by atoms with Crippen molar-refractivity contribution in [3.63, 3.8) is 0 Å². The van der Waals surface area contributed by atoms with Crippen LogP contribution < -0.4 is 15.4 Å². The monoisotopic (exact) mass is 493 g/mol. The first-order chi connectivity index (χ1) is 18.0. The first-order valence-electron chi connectivity index (χ1n) is 11.4. The Hall–Kier alpha value is -5.12. The van der Waals surface area contributed by atoms with Gasteiger partial charge in [-0.15, -0.1) is 0 Å². The van der Waals surface area contributed by atoms with E-state index in [4.69, 9.17) is 4.74 Å². The smallest absolute Gasteiger partial charge is 0.332 e. The van der Waals surface area contributed by atoms with Gasteiger partial charge in [0.25, 0.3) is 5.91 Å². The molecule has 2 amide bonds. The maximum absolute atomic E-state index is 12.9. The molecular weight excluding hydrogens is 470 g/mol. The number of nitrogens with one attached hydrogen (secondary N) is 2. The molecule has 2 N–H and O–H groups in total. The van der Waals surface area contributed by atoms with E-state index in [-0.39, 0.29) is 5.91 Å². The molecule has 184 valence electrons. The third-order valence-electron chi connectivity index (χ3n) is 5.81. The second kappa shape index (κ2) is 10.2. The fourth-order valence-corrected chi connectivity index (χ4v) is 3.83. The Morgan fingerprint density at radius 2 is 1.86 bits per heavy atom. The van der Waals surface area contributed by atoms with Crippen molar-refractivity contribution in [3.8, 4) is 28.5 Å². The summed E-state index contributed by atoms with van der Waals surface area (Å²) in [6, 6.07) is 16.2. The molecule has 3 heterocycles. The number of carbonyl (C=O) groups excluding carboxylic acids is 2. The zero-order chi connectivity index (χ0) is 25.8. The van der Waals surface area contributed by atoms with Crippen molar-refractivity contribution in [3.05, 3.63) is 96.3 Å². The Morgan fingerprint density at radius 1 is 0.973 bits per heavy atom. The minimum atomic E-state index is -0.413. The molecular formula is C27H23N7O3. The minimum Gasteiger partial charge on any atom is -0.497 e. The summed E-state index contributed by atoms with van der Waals surface area (Å²) < 4.78 is 6.53. The highest BCUT2D eigenvalue weighted by atomic mass is 16.5. The number of anilines is 1. The summed E-state index contributed by atoms with van der Waals surface area (Å²) in [6.45, 7) is 2.33. The molecule has 10 heteroatoms. The number of pyridine rings is 1. The molecule has 0 radical (unpaired) electrons. The number of rotatable bonds is 6. The van der Waals surface area contributed by atoms with Crippen LogP contribution in [0.3, 0.4) is 0 Å². The third-order valence-corrected chi connectivity index (χ3v) is 5.81. The number of imidazole rings is 1. The zero-order valence-corrected chi connectivity index (χ0v) is 20.2. The SMILES string of the molecule is COc1cccc(CNC(=O)c2ccc(-c3cc(NC(=O)n4cncc5ncnc4-5)ccc3C)nc2)c1. The summed E-state index contributed by atoms with van der Waals surface area (Å²) in [7, 11) is 1.60. The van der Waals surface area contributed by atoms with Gasteiger partial charge in [0, 0.05) is 24.0 Å². The number of benzene rings is 2. The fourth-order valence-electron chi connectivity index (χ4n) is 3.83. The van der Waals surface area contributed by atoms with E-state index in [1.807, 2.05) is 49.4 Å². The van der Waals surface area contributed by atoms with Crippen LogP contribution in [0.25, 0.3) is 22.8 Å². The van der Waals surface area contributed by atoms with Gasteiger partial charge in [-0.1, -0.05) is 18.2 Å². The van der Waals surface area contributed by atoms with Crippen molar-refractivity contribution < 1.29 is 14.3 Å². The number of amides is 2. The van der Waals surface area contributed by atoms with Gasteiger partial charge >= 0.3 is 6.03 Å². The molecule has 0 atom stereocenters. The van der Waals surface area contributed by atoms with Gasteiger partial charge in [0.2, 0.25) is 0 Å².